The molecule has 11 nitrogen and oxygen atoms in total. The molecule has 0 bridgehead atoms. The Labute approximate surface area is 224 Å². The number of amides is 3. The number of halogens is 1. The number of nitrogens with one attached hydrogen (secondary N) is 2. The van der Waals surface area contributed by atoms with Gasteiger partial charge in [-0.1, -0.05) is 12.1 Å². The zero-order chi connectivity index (χ0) is 28.3. The van der Waals surface area contributed by atoms with E-state index in [1.54, 1.807) is 31.2 Å². The van der Waals surface area contributed by atoms with Gasteiger partial charge in [-0.05, 0) is 42.3 Å². The van der Waals surface area contributed by atoms with Gasteiger partial charge in [0.05, 0.1) is 27.9 Å². The average molecular weight is 540 g/mol. The molecule has 1 aliphatic heterocycles. The maximum Gasteiger partial charge on any atom is 0.272 e. The van der Waals surface area contributed by atoms with Crippen LogP contribution in [0.15, 0.2) is 42.5 Å². The number of hydrogen-bond donors (Lipinski definition) is 2. The maximum absolute atomic E-state index is 13.2. The lowest BCUT2D eigenvalue weighted by Gasteiger charge is -2.40. The van der Waals surface area contributed by atoms with Crippen molar-refractivity contribution in [3.05, 3.63) is 70.8 Å². The Morgan fingerprint density at radius 2 is 1.59 bits per heavy atom. The highest BCUT2D eigenvalue weighted by molar-refractivity contribution is 6.01. The van der Waals surface area contributed by atoms with Gasteiger partial charge in [-0.15, -0.1) is 0 Å². The second kappa shape index (κ2) is 11.0. The van der Waals surface area contributed by atoms with Crippen molar-refractivity contribution in [2.75, 3.05) is 28.4 Å². The summed E-state index contributed by atoms with van der Waals surface area (Å²) in [6, 6.07) is 10.6. The molecule has 2 N–H and O–H groups in total. The van der Waals surface area contributed by atoms with Gasteiger partial charge in [0.25, 0.3) is 11.8 Å². The zero-order valence-electron chi connectivity index (χ0n) is 22.3. The third kappa shape index (κ3) is 5.35. The SMILES string of the molecule is COc1cc(CNC(=O)c2cc3n(n2)C[C@](C)(C(=O)NCc2ccc(F)cc2)N(C)C3=O)cc(OC)c1OC. The molecule has 1 aromatic heterocycles. The molecule has 0 unspecified atom stereocenters. The number of benzene rings is 2. The monoisotopic (exact) mass is 539 g/mol. The lowest BCUT2D eigenvalue weighted by molar-refractivity contribution is -0.132. The maximum atomic E-state index is 13.2. The third-order valence-corrected chi connectivity index (χ3v) is 6.77. The summed E-state index contributed by atoms with van der Waals surface area (Å²) in [5, 5.41) is 9.89. The van der Waals surface area contributed by atoms with E-state index in [4.69, 9.17) is 14.2 Å². The van der Waals surface area contributed by atoms with Crippen LogP contribution >= 0.6 is 0 Å². The Morgan fingerprint density at radius 3 is 2.18 bits per heavy atom. The topological polar surface area (TPSA) is 124 Å². The molecule has 3 amide bonds. The smallest absolute Gasteiger partial charge is 0.272 e. The Bertz CT molecular complexity index is 1380. The number of ether oxygens (including phenoxy) is 3. The summed E-state index contributed by atoms with van der Waals surface area (Å²) < 4.78 is 30.6. The van der Waals surface area contributed by atoms with Gasteiger partial charge in [0.1, 0.15) is 17.1 Å². The molecular formula is C27H30FN5O6. The number of likely N-dealkylation sites (N-methyl/N-ethyl adjacent to an activating group) is 1. The molecule has 0 aliphatic carbocycles. The molecule has 0 spiro atoms. The Balaban J connectivity index is 1.47. The highest BCUT2D eigenvalue weighted by Crippen LogP contribution is 2.38. The first-order valence-corrected chi connectivity index (χ1v) is 12.1. The molecule has 3 aromatic rings. The number of hydrogen-bond acceptors (Lipinski definition) is 7. The van der Waals surface area contributed by atoms with Crippen LogP contribution < -0.4 is 24.8 Å². The minimum absolute atomic E-state index is 0.0372. The number of methoxy groups -OCH3 is 3. The highest BCUT2D eigenvalue weighted by Gasteiger charge is 2.46. The molecular weight excluding hydrogens is 509 g/mol. The Hall–Kier alpha value is -4.61. The first kappa shape index (κ1) is 27.4. The van der Waals surface area contributed by atoms with Crippen LogP contribution in [-0.2, 0) is 24.4 Å². The molecule has 206 valence electrons. The van der Waals surface area contributed by atoms with Crippen LogP contribution in [0.3, 0.4) is 0 Å². The third-order valence-electron chi connectivity index (χ3n) is 6.77. The van der Waals surface area contributed by atoms with Crippen LogP contribution in [0.25, 0.3) is 0 Å². The van der Waals surface area contributed by atoms with Crippen LogP contribution in [0.4, 0.5) is 4.39 Å². The molecule has 0 fully saturated rings. The predicted octanol–water partition coefficient (Wildman–Crippen LogP) is 2.14. The van der Waals surface area contributed by atoms with Gasteiger partial charge in [-0.25, -0.2) is 4.39 Å². The summed E-state index contributed by atoms with van der Waals surface area (Å²) in [7, 11) is 6.03. The van der Waals surface area contributed by atoms with Crippen molar-refractivity contribution >= 4 is 17.7 Å². The number of rotatable bonds is 9. The van der Waals surface area contributed by atoms with Crippen molar-refractivity contribution in [2.45, 2.75) is 32.1 Å². The lowest BCUT2D eigenvalue weighted by atomic mass is 9.96. The number of aromatic nitrogens is 2. The molecule has 0 saturated heterocycles. The van der Waals surface area contributed by atoms with Gasteiger partial charge in [0.2, 0.25) is 11.7 Å². The van der Waals surface area contributed by atoms with Crippen molar-refractivity contribution in [1.29, 1.82) is 0 Å². The van der Waals surface area contributed by atoms with Gasteiger partial charge in [0, 0.05) is 26.2 Å². The molecule has 0 radical (unpaired) electrons. The Kier molecular flexibility index (Phi) is 7.75. The molecule has 39 heavy (non-hydrogen) atoms. The van der Waals surface area contributed by atoms with Crippen molar-refractivity contribution in [3.63, 3.8) is 0 Å². The molecule has 1 atom stereocenters. The van der Waals surface area contributed by atoms with Crippen LogP contribution in [-0.4, -0.2) is 66.3 Å². The van der Waals surface area contributed by atoms with Crippen LogP contribution in [0.1, 0.15) is 39.0 Å². The number of carbonyl (C=O) groups is 3. The van der Waals surface area contributed by atoms with Crippen molar-refractivity contribution in [2.24, 2.45) is 0 Å². The average Bonchev–Trinajstić information content (AvgIpc) is 3.37. The first-order chi connectivity index (χ1) is 18.6. The number of nitrogens with zero attached hydrogens (tertiary/aromatic N) is 3. The lowest BCUT2D eigenvalue weighted by Crippen LogP contribution is -2.62. The minimum atomic E-state index is -1.26. The van der Waals surface area contributed by atoms with Gasteiger partial charge in [-0.3, -0.25) is 19.1 Å². The molecule has 1 aliphatic rings. The van der Waals surface area contributed by atoms with E-state index >= 15 is 0 Å². The van der Waals surface area contributed by atoms with Gasteiger partial charge < -0.3 is 29.7 Å². The number of carbonyl (C=O) groups excluding carboxylic acids is 3. The summed E-state index contributed by atoms with van der Waals surface area (Å²) in [6.45, 7) is 1.96. The van der Waals surface area contributed by atoms with E-state index in [0.717, 1.165) is 0 Å². The summed E-state index contributed by atoms with van der Waals surface area (Å²) in [6.07, 6.45) is 0. The predicted molar refractivity (Wildman–Crippen MR) is 138 cm³/mol. The van der Waals surface area contributed by atoms with Gasteiger partial charge in [-0.2, -0.15) is 5.10 Å². The van der Waals surface area contributed by atoms with Crippen LogP contribution in [0.2, 0.25) is 0 Å². The first-order valence-electron chi connectivity index (χ1n) is 12.1. The largest absolute Gasteiger partial charge is 0.493 e. The van der Waals surface area contributed by atoms with Gasteiger partial charge in [0.15, 0.2) is 17.2 Å². The van der Waals surface area contributed by atoms with E-state index in [1.165, 1.54) is 56.2 Å². The fourth-order valence-electron chi connectivity index (χ4n) is 4.32. The molecule has 0 saturated carbocycles. The number of fused-ring (bicyclic) bond motifs is 1. The fourth-order valence-corrected chi connectivity index (χ4v) is 4.32. The molecule has 4 rings (SSSR count). The normalized spacial score (nSPS) is 16.4. The summed E-state index contributed by atoms with van der Waals surface area (Å²) in [5.74, 6) is -0.389. The standard InChI is InChI=1S/C27H30FN5O6/c1-27(26(36)30-13-16-6-8-18(28)9-7-16)15-33-20(25(35)32(27)2)12-19(31-33)24(34)29-14-17-10-21(37-3)23(39-5)22(11-17)38-4/h6-12H,13-15H2,1-5H3,(H,29,34)(H,30,36)/t27-/m1/s1. The van der Waals surface area contributed by atoms with E-state index < -0.39 is 23.3 Å². The van der Waals surface area contributed by atoms with Gasteiger partial charge >= 0.3 is 0 Å². The minimum Gasteiger partial charge on any atom is -0.493 e. The summed E-state index contributed by atoms with van der Waals surface area (Å²) in [4.78, 5) is 40.5. The van der Waals surface area contributed by atoms with E-state index in [-0.39, 0.29) is 36.8 Å². The second-order valence-electron chi connectivity index (χ2n) is 9.24. The fraction of sp³-hybridized carbons (Fsp3) is 0.333. The zero-order valence-corrected chi connectivity index (χ0v) is 22.3. The van der Waals surface area contributed by atoms with Crippen molar-refractivity contribution in [1.82, 2.24) is 25.3 Å². The van der Waals surface area contributed by atoms with Crippen molar-refractivity contribution in [3.8, 4) is 17.2 Å². The quantitative estimate of drug-likeness (QED) is 0.427. The summed E-state index contributed by atoms with van der Waals surface area (Å²) >= 11 is 0. The molecule has 12 heteroatoms. The van der Waals surface area contributed by atoms with E-state index in [2.05, 4.69) is 15.7 Å². The van der Waals surface area contributed by atoms with Crippen LogP contribution in [0, 0.1) is 5.82 Å². The summed E-state index contributed by atoms with van der Waals surface area (Å²) in [5.41, 5.74) is 0.376. The van der Waals surface area contributed by atoms with E-state index in [9.17, 15) is 18.8 Å². The molecule has 2 aromatic carbocycles. The van der Waals surface area contributed by atoms with Crippen molar-refractivity contribution < 1.29 is 33.0 Å². The van der Waals surface area contributed by atoms with Crippen LogP contribution in [0.5, 0.6) is 17.2 Å². The van der Waals surface area contributed by atoms with E-state index in [0.29, 0.717) is 28.4 Å². The second-order valence-corrected chi connectivity index (χ2v) is 9.24. The highest BCUT2D eigenvalue weighted by atomic mass is 19.1. The van der Waals surface area contributed by atoms with E-state index in [1.807, 2.05) is 0 Å². The molecule has 2 heterocycles. The Morgan fingerprint density at radius 1 is 0.974 bits per heavy atom.